The van der Waals surface area contributed by atoms with Crippen molar-refractivity contribution in [2.24, 2.45) is 0 Å². The molecule has 0 bridgehead atoms. The highest BCUT2D eigenvalue weighted by Crippen LogP contribution is 2.23. The monoisotopic (exact) mass is 326 g/mol. The SMILES string of the molecule is COc1ccc(C=CC(=O)O)cc1COc1cccc(CC=O)c1. The molecule has 0 aromatic heterocycles. The van der Waals surface area contributed by atoms with Crippen LogP contribution in [0, 0.1) is 0 Å². The van der Waals surface area contributed by atoms with Crippen molar-refractivity contribution in [3.63, 3.8) is 0 Å². The van der Waals surface area contributed by atoms with Crippen LogP contribution in [0.15, 0.2) is 48.5 Å². The van der Waals surface area contributed by atoms with Gasteiger partial charge in [-0.3, -0.25) is 0 Å². The smallest absolute Gasteiger partial charge is 0.328 e. The lowest BCUT2D eigenvalue weighted by molar-refractivity contribution is -0.131. The van der Waals surface area contributed by atoms with Crippen LogP contribution in [-0.4, -0.2) is 24.5 Å². The maximum atomic E-state index is 10.6. The largest absolute Gasteiger partial charge is 0.496 e. The predicted molar refractivity (Wildman–Crippen MR) is 90.2 cm³/mol. The molecule has 0 aliphatic carbocycles. The number of aldehydes is 1. The summed E-state index contributed by atoms with van der Waals surface area (Å²) in [4.78, 5) is 21.2. The van der Waals surface area contributed by atoms with Crippen molar-refractivity contribution in [1.29, 1.82) is 0 Å². The van der Waals surface area contributed by atoms with E-state index < -0.39 is 5.97 Å². The van der Waals surface area contributed by atoms with E-state index in [4.69, 9.17) is 14.6 Å². The fourth-order valence-corrected chi connectivity index (χ4v) is 2.20. The van der Waals surface area contributed by atoms with Crippen molar-refractivity contribution in [1.82, 2.24) is 0 Å². The highest BCUT2D eigenvalue weighted by atomic mass is 16.5. The standard InChI is InChI=1S/C19H18O5/c1-23-18-7-5-15(6-8-19(21)22)11-16(18)13-24-17-4-2-3-14(12-17)9-10-20/h2-8,10-12H,9,13H2,1H3,(H,21,22). The van der Waals surface area contributed by atoms with Crippen LogP contribution in [0.2, 0.25) is 0 Å². The second kappa shape index (κ2) is 8.53. The van der Waals surface area contributed by atoms with Gasteiger partial charge in [0.05, 0.1) is 7.11 Å². The third-order valence-corrected chi connectivity index (χ3v) is 3.33. The number of carbonyl (C=O) groups excluding carboxylic acids is 1. The van der Waals surface area contributed by atoms with E-state index in [0.29, 0.717) is 17.9 Å². The van der Waals surface area contributed by atoms with Crippen molar-refractivity contribution in [3.05, 3.63) is 65.2 Å². The lowest BCUT2D eigenvalue weighted by Crippen LogP contribution is -2.00. The maximum Gasteiger partial charge on any atom is 0.328 e. The van der Waals surface area contributed by atoms with Gasteiger partial charge in [0.25, 0.3) is 0 Å². The number of carboxylic acid groups (broad SMARTS) is 1. The van der Waals surface area contributed by atoms with E-state index in [0.717, 1.165) is 29.1 Å². The molecule has 0 aliphatic heterocycles. The molecule has 0 aliphatic rings. The molecule has 1 N–H and O–H groups in total. The molecule has 5 nitrogen and oxygen atoms in total. The Kier molecular flexibility index (Phi) is 6.14. The molecule has 0 heterocycles. The minimum Gasteiger partial charge on any atom is -0.496 e. The number of carbonyl (C=O) groups is 2. The first kappa shape index (κ1) is 17.3. The average Bonchev–Trinajstić information content (AvgIpc) is 2.59. The van der Waals surface area contributed by atoms with Crippen molar-refractivity contribution in [2.75, 3.05) is 7.11 Å². The first-order valence-electron chi connectivity index (χ1n) is 7.35. The minimum absolute atomic E-state index is 0.266. The van der Waals surface area contributed by atoms with Crippen LogP contribution in [0.3, 0.4) is 0 Å². The van der Waals surface area contributed by atoms with Crippen LogP contribution in [0.5, 0.6) is 11.5 Å². The Morgan fingerprint density at radius 3 is 2.75 bits per heavy atom. The maximum absolute atomic E-state index is 10.6. The van der Waals surface area contributed by atoms with E-state index in [9.17, 15) is 9.59 Å². The van der Waals surface area contributed by atoms with Crippen LogP contribution < -0.4 is 9.47 Å². The molecule has 24 heavy (non-hydrogen) atoms. The zero-order valence-electron chi connectivity index (χ0n) is 13.3. The third-order valence-electron chi connectivity index (χ3n) is 3.33. The number of hydrogen-bond donors (Lipinski definition) is 1. The van der Waals surface area contributed by atoms with Gasteiger partial charge < -0.3 is 19.4 Å². The van der Waals surface area contributed by atoms with Crippen molar-refractivity contribution < 1.29 is 24.2 Å². The van der Waals surface area contributed by atoms with E-state index in [2.05, 4.69) is 0 Å². The summed E-state index contributed by atoms with van der Waals surface area (Å²) in [5.41, 5.74) is 2.42. The minimum atomic E-state index is -1.00. The number of hydrogen-bond acceptors (Lipinski definition) is 4. The number of benzene rings is 2. The molecule has 2 aromatic rings. The molecule has 0 spiro atoms. The van der Waals surface area contributed by atoms with Gasteiger partial charge in [0, 0.05) is 18.1 Å². The average molecular weight is 326 g/mol. The Hall–Kier alpha value is -3.08. The highest BCUT2D eigenvalue weighted by Gasteiger charge is 2.06. The van der Waals surface area contributed by atoms with Gasteiger partial charge >= 0.3 is 5.97 Å². The molecule has 2 rings (SSSR count). The summed E-state index contributed by atoms with van der Waals surface area (Å²) < 4.78 is 11.1. The molecule has 0 saturated carbocycles. The van der Waals surface area contributed by atoms with E-state index in [-0.39, 0.29) is 6.61 Å². The fraction of sp³-hybridized carbons (Fsp3) is 0.158. The van der Waals surface area contributed by atoms with Gasteiger partial charge in [0.15, 0.2) is 0 Å². The Bertz CT molecular complexity index is 749. The van der Waals surface area contributed by atoms with Gasteiger partial charge in [-0.1, -0.05) is 18.2 Å². The molecule has 0 fully saturated rings. The summed E-state index contributed by atoms with van der Waals surface area (Å²) in [5.74, 6) is 0.310. The first-order valence-corrected chi connectivity index (χ1v) is 7.35. The lowest BCUT2D eigenvalue weighted by Gasteiger charge is -2.12. The summed E-state index contributed by atoms with van der Waals surface area (Å²) >= 11 is 0. The quantitative estimate of drug-likeness (QED) is 0.596. The van der Waals surface area contributed by atoms with E-state index in [1.54, 1.807) is 19.2 Å². The first-order chi connectivity index (χ1) is 11.6. The number of methoxy groups -OCH3 is 1. The van der Waals surface area contributed by atoms with Gasteiger partial charge in [-0.25, -0.2) is 4.79 Å². The number of rotatable bonds is 8. The van der Waals surface area contributed by atoms with Gasteiger partial charge in [-0.05, 0) is 41.5 Å². The number of aliphatic carboxylic acids is 1. The van der Waals surface area contributed by atoms with Gasteiger partial charge in [0.1, 0.15) is 24.4 Å². The topological polar surface area (TPSA) is 72.8 Å². The molecule has 0 unspecified atom stereocenters. The summed E-state index contributed by atoms with van der Waals surface area (Å²) in [6.45, 7) is 0.266. The number of ether oxygens (including phenoxy) is 2. The summed E-state index contributed by atoms with van der Waals surface area (Å²) in [7, 11) is 1.57. The van der Waals surface area contributed by atoms with Crippen molar-refractivity contribution >= 4 is 18.3 Å². The van der Waals surface area contributed by atoms with E-state index in [1.807, 2.05) is 30.3 Å². The van der Waals surface area contributed by atoms with Gasteiger partial charge in [-0.2, -0.15) is 0 Å². The highest BCUT2D eigenvalue weighted by molar-refractivity contribution is 5.85. The zero-order valence-corrected chi connectivity index (χ0v) is 13.3. The van der Waals surface area contributed by atoms with Crippen molar-refractivity contribution in [2.45, 2.75) is 13.0 Å². The molecule has 0 atom stereocenters. The van der Waals surface area contributed by atoms with Crippen LogP contribution in [0.1, 0.15) is 16.7 Å². The van der Waals surface area contributed by atoms with E-state index in [1.165, 1.54) is 6.08 Å². The van der Waals surface area contributed by atoms with Crippen LogP contribution >= 0.6 is 0 Å². The fourth-order valence-electron chi connectivity index (χ4n) is 2.20. The lowest BCUT2D eigenvalue weighted by atomic mass is 10.1. The van der Waals surface area contributed by atoms with Crippen LogP contribution in [0.4, 0.5) is 0 Å². The summed E-state index contributed by atoms with van der Waals surface area (Å²) in [6.07, 6.45) is 3.78. The van der Waals surface area contributed by atoms with Crippen LogP contribution in [-0.2, 0) is 22.6 Å². The normalized spacial score (nSPS) is 10.5. The molecule has 0 saturated heterocycles. The molecule has 124 valence electrons. The Morgan fingerprint density at radius 1 is 1.21 bits per heavy atom. The van der Waals surface area contributed by atoms with Gasteiger partial charge in [-0.15, -0.1) is 0 Å². The molecular formula is C19H18O5. The Morgan fingerprint density at radius 2 is 2.04 bits per heavy atom. The molecule has 0 amide bonds. The third kappa shape index (κ3) is 4.98. The summed E-state index contributed by atoms with van der Waals surface area (Å²) in [6, 6.07) is 12.7. The molecule has 0 radical (unpaired) electrons. The zero-order chi connectivity index (χ0) is 17.4. The van der Waals surface area contributed by atoms with Gasteiger partial charge in [0.2, 0.25) is 0 Å². The van der Waals surface area contributed by atoms with Crippen molar-refractivity contribution in [3.8, 4) is 11.5 Å². The molecule has 5 heteroatoms. The second-order valence-electron chi connectivity index (χ2n) is 5.05. The Balaban J connectivity index is 2.15. The predicted octanol–water partition coefficient (Wildman–Crippen LogP) is 3.11. The summed E-state index contributed by atoms with van der Waals surface area (Å²) in [5, 5.41) is 8.71. The second-order valence-corrected chi connectivity index (χ2v) is 5.05. The molecule has 2 aromatic carbocycles. The molecular weight excluding hydrogens is 308 g/mol. The number of carboxylic acids is 1. The van der Waals surface area contributed by atoms with Crippen LogP contribution in [0.25, 0.3) is 6.08 Å². The Labute approximate surface area is 140 Å². The van der Waals surface area contributed by atoms with E-state index >= 15 is 0 Å².